The van der Waals surface area contributed by atoms with Gasteiger partial charge in [-0.05, 0) is 31.0 Å². The number of aromatic nitrogens is 4. The van der Waals surface area contributed by atoms with Gasteiger partial charge in [0.1, 0.15) is 0 Å². The highest BCUT2D eigenvalue weighted by molar-refractivity contribution is 7.89. The van der Waals surface area contributed by atoms with Gasteiger partial charge in [-0.2, -0.15) is 9.40 Å². The molecule has 1 fully saturated rings. The van der Waals surface area contributed by atoms with Gasteiger partial charge in [-0.3, -0.25) is 18.6 Å². The zero-order valence-electron chi connectivity index (χ0n) is 17.3. The van der Waals surface area contributed by atoms with Gasteiger partial charge in [-0.25, -0.2) is 13.2 Å². The average Bonchev–Trinajstić information content (AvgIpc) is 3.00. The molecule has 2 aromatic heterocycles. The van der Waals surface area contributed by atoms with Crippen molar-refractivity contribution in [3.63, 3.8) is 0 Å². The molecule has 160 valence electrons. The molecule has 1 aromatic carbocycles. The minimum atomic E-state index is -3.86. The Balaban J connectivity index is 1.86. The van der Waals surface area contributed by atoms with Gasteiger partial charge in [0.2, 0.25) is 10.0 Å². The van der Waals surface area contributed by atoms with Crippen LogP contribution in [0.3, 0.4) is 0 Å². The van der Waals surface area contributed by atoms with Crippen LogP contribution in [0, 0.1) is 0 Å². The molecule has 0 spiro atoms. The van der Waals surface area contributed by atoms with Gasteiger partial charge in [0.15, 0.2) is 0 Å². The molecule has 0 amide bonds. The maximum atomic E-state index is 13.6. The average molecular weight is 432 g/mol. The lowest BCUT2D eigenvalue weighted by atomic mass is 10.1. The van der Waals surface area contributed by atoms with E-state index in [0.717, 1.165) is 35.8 Å². The predicted octanol–water partition coefficient (Wildman–Crippen LogP) is 1.28. The summed E-state index contributed by atoms with van der Waals surface area (Å²) in [5.41, 5.74) is 0.306. The normalized spacial score (nSPS) is 18.6. The van der Waals surface area contributed by atoms with Crippen LogP contribution in [0.1, 0.15) is 37.3 Å². The Labute approximate surface area is 174 Å². The first-order chi connectivity index (χ1) is 14.2. The molecule has 1 unspecified atom stereocenters. The highest BCUT2D eigenvalue weighted by Crippen LogP contribution is 2.34. The molecule has 0 bridgehead atoms. The highest BCUT2D eigenvalue weighted by Gasteiger charge is 2.34. The third-order valence-electron chi connectivity index (χ3n) is 5.86. The molecular weight excluding hydrogens is 406 g/mol. The van der Waals surface area contributed by atoms with E-state index in [9.17, 15) is 18.0 Å². The molecule has 3 heterocycles. The van der Waals surface area contributed by atoms with Crippen molar-refractivity contribution in [3.8, 4) is 0 Å². The monoisotopic (exact) mass is 431 g/mol. The van der Waals surface area contributed by atoms with Crippen LogP contribution < -0.4 is 11.2 Å². The molecule has 4 rings (SSSR count). The fraction of sp³-hybridized carbons (Fsp3) is 0.450. The second-order valence-corrected chi connectivity index (χ2v) is 9.70. The van der Waals surface area contributed by atoms with E-state index in [-0.39, 0.29) is 16.3 Å². The summed E-state index contributed by atoms with van der Waals surface area (Å²) < 4.78 is 32.8. The largest absolute Gasteiger partial charge is 0.330 e. The number of aryl methyl sites for hydroxylation is 2. The fourth-order valence-corrected chi connectivity index (χ4v) is 5.89. The van der Waals surface area contributed by atoms with Crippen molar-refractivity contribution >= 4 is 20.9 Å². The SMILES string of the molecule is Cn1cc(C2CCCCCN2S(=O)(=O)c2ccc3c(c2)c(=O)n(C)c(=O)n3C)cn1. The first kappa shape index (κ1) is 20.5. The molecule has 0 aliphatic carbocycles. The Morgan fingerprint density at radius 1 is 1.03 bits per heavy atom. The molecule has 1 aliphatic heterocycles. The Morgan fingerprint density at radius 2 is 1.80 bits per heavy atom. The van der Waals surface area contributed by atoms with Crippen LogP contribution in [-0.2, 0) is 31.2 Å². The first-order valence-corrected chi connectivity index (χ1v) is 11.4. The van der Waals surface area contributed by atoms with E-state index in [1.165, 1.54) is 34.1 Å². The zero-order chi connectivity index (χ0) is 21.6. The van der Waals surface area contributed by atoms with E-state index >= 15 is 0 Å². The number of rotatable bonds is 3. The van der Waals surface area contributed by atoms with Crippen molar-refractivity contribution < 1.29 is 8.42 Å². The summed E-state index contributed by atoms with van der Waals surface area (Å²) in [6.07, 6.45) is 6.96. The smallest absolute Gasteiger partial charge is 0.296 e. The molecule has 1 aliphatic rings. The van der Waals surface area contributed by atoms with Crippen molar-refractivity contribution in [3.05, 3.63) is 57.0 Å². The van der Waals surface area contributed by atoms with Crippen LogP contribution in [0.15, 0.2) is 45.1 Å². The molecule has 3 aromatic rings. The molecule has 0 radical (unpaired) electrons. The summed E-state index contributed by atoms with van der Waals surface area (Å²) in [7, 11) is 0.900. The molecule has 10 heteroatoms. The van der Waals surface area contributed by atoms with Crippen LogP contribution in [0.5, 0.6) is 0 Å². The first-order valence-electron chi connectivity index (χ1n) is 9.92. The summed E-state index contributed by atoms with van der Waals surface area (Å²) in [5, 5.41) is 4.41. The molecular formula is C20H25N5O4S. The van der Waals surface area contributed by atoms with E-state index in [4.69, 9.17) is 0 Å². The third kappa shape index (κ3) is 3.29. The maximum absolute atomic E-state index is 13.6. The second kappa shape index (κ2) is 7.51. The fourth-order valence-electron chi connectivity index (χ4n) is 4.19. The van der Waals surface area contributed by atoms with Crippen molar-refractivity contribution in [2.24, 2.45) is 21.1 Å². The van der Waals surface area contributed by atoms with Crippen LogP contribution >= 0.6 is 0 Å². The minimum Gasteiger partial charge on any atom is -0.296 e. The second-order valence-electron chi connectivity index (χ2n) is 7.81. The van der Waals surface area contributed by atoms with Gasteiger partial charge in [0, 0.05) is 39.4 Å². The van der Waals surface area contributed by atoms with Gasteiger partial charge in [-0.15, -0.1) is 0 Å². The van der Waals surface area contributed by atoms with E-state index < -0.39 is 21.3 Å². The molecule has 9 nitrogen and oxygen atoms in total. The Kier molecular flexibility index (Phi) is 5.15. The quantitative estimate of drug-likeness (QED) is 0.622. The summed E-state index contributed by atoms with van der Waals surface area (Å²) in [5.74, 6) is 0. The van der Waals surface area contributed by atoms with Gasteiger partial charge < -0.3 is 0 Å². The summed E-state index contributed by atoms with van der Waals surface area (Å²) >= 11 is 0. The molecule has 0 saturated carbocycles. The van der Waals surface area contributed by atoms with Crippen molar-refractivity contribution in [2.75, 3.05) is 6.54 Å². The lowest BCUT2D eigenvalue weighted by molar-refractivity contribution is 0.329. The van der Waals surface area contributed by atoms with E-state index in [2.05, 4.69) is 5.10 Å². The molecule has 0 N–H and O–H groups in total. The Bertz CT molecular complexity index is 1340. The number of nitrogens with zero attached hydrogens (tertiary/aromatic N) is 5. The van der Waals surface area contributed by atoms with Gasteiger partial charge >= 0.3 is 5.69 Å². The standard InChI is InChI=1S/C20H25N5O4S/c1-22-13-14(12-21-22)17-7-5-4-6-10-25(17)30(28,29)15-8-9-18-16(11-15)19(26)24(3)20(27)23(18)2/h8-9,11-13,17H,4-7,10H2,1-3H3. The van der Waals surface area contributed by atoms with Crippen molar-refractivity contribution in [1.29, 1.82) is 0 Å². The summed E-state index contributed by atoms with van der Waals surface area (Å²) in [4.78, 5) is 24.9. The lowest BCUT2D eigenvalue weighted by Gasteiger charge is -2.28. The van der Waals surface area contributed by atoms with E-state index in [1.807, 2.05) is 13.2 Å². The van der Waals surface area contributed by atoms with Gasteiger partial charge in [0.05, 0.1) is 28.0 Å². The molecule has 1 saturated heterocycles. The molecule has 30 heavy (non-hydrogen) atoms. The lowest BCUT2D eigenvalue weighted by Crippen LogP contribution is -2.37. The minimum absolute atomic E-state index is 0.0570. The topological polar surface area (TPSA) is 99.2 Å². The maximum Gasteiger partial charge on any atom is 0.330 e. The number of benzene rings is 1. The van der Waals surface area contributed by atoms with E-state index in [0.29, 0.717) is 12.1 Å². The third-order valence-corrected chi connectivity index (χ3v) is 7.76. The van der Waals surface area contributed by atoms with Crippen LogP contribution in [0.2, 0.25) is 0 Å². The Morgan fingerprint density at radius 3 is 2.50 bits per heavy atom. The highest BCUT2D eigenvalue weighted by atomic mass is 32.2. The number of hydrogen-bond donors (Lipinski definition) is 0. The Hall–Kier alpha value is -2.72. The summed E-state index contributed by atoms with van der Waals surface area (Å²) in [6, 6.07) is 4.09. The van der Waals surface area contributed by atoms with Crippen LogP contribution in [0.4, 0.5) is 0 Å². The van der Waals surface area contributed by atoms with Gasteiger partial charge in [0.25, 0.3) is 5.56 Å². The molecule has 1 atom stereocenters. The van der Waals surface area contributed by atoms with Crippen LogP contribution in [-0.4, -0.2) is 38.2 Å². The number of hydrogen-bond acceptors (Lipinski definition) is 5. The van der Waals surface area contributed by atoms with Crippen molar-refractivity contribution in [1.82, 2.24) is 23.2 Å². The van der Waals surface area contributed by atoms with Crippen LogP contribution in [0.25, 0.3) is 10.9 Å². The number of fused-ring (bicyclic) bond motifs is 1. The number of sulfonamides is 1. The zero-order valence-corrected chi connectivity index (χ0v) is 18.1. The van der Waals surface area contributed by atoms with Crippen molar-refractivity contribution in [2.45, 2.75) is 36.6 Å². The summed E-state index contributed by atoms with van der Waals surface area (Å²) in [6.45, 7) is 0.408. The van der Waals surface area contributed by atoms with Gasteiger partial charge in [-0.1, -0.05) is 12.8 Å². The van der Waals surface area contributed by atoms with E-state index in [1.54, 1.807) is 17.9 Å². The predicted molar refractivity (Wildman–Crippen MR) is 113 cm³/mol.